The van der Waals surface area contributed by atoms with Crippen LogP contribution in [0.4, 0.5) is 0 Å². The van der Waals surface area contributed by atoms with E-state index in [1.807, 2.05) is 0 Å². The Morgan fingerprint density at radius 2 is 2.18 bits per heavy atom. The Morgan fingerprint density at radius 3 is 2.64 bits per heavy atom. The molecule has 1 saturated heterocycles. The fourth-order valence-electron chi connectivity index (χ4n) is 1.48. The molecule has 0 spiro atoms. The molecule has 0 amide bonds. The van der Waals surface area contributed by atoms with Gasteiger partial charge in [-0.05, 0) is 24.9 Å². The highest BCUT2D eigenvalue weighted by Crippen LogP contribution is 2.29. The number of piperidine rings is 1. The molecule has 0 bridgehead atoms. The van der Waals surface area contributed by atoms with E-state index >= 15 is 0 Å². The van der Waals surface area contributed by atoms with Crippen LogP contribution in [0.25, 0.3) is 0 Å². The second-order valence-corrected chi connectivity index (χ2v) is 4.15. The molecular formula is C9H19NO. The molecule has 66 valence electrons. The molecule has 11 heavy (non-hydrogen) atoms. The van der Waals surface area contributed by atoms with Gasteiger partial charge in [-0.1, -0.05) is 20.8 Å². The first-order chi connectivity index (χ1) is 5.06. The summed E-state index contributed by atoms with van der Waals surface area (Å²) in [5, 5.41) is 9.70. The third-order valence-corrected chi connectivity index (χ3v) is 2.85. The van der Waals surface area contributed by atoms with Crippen molar-refractivity contribution in [3.8, 4) is 0 Å². The normalized spacial score (nSPS) is 32.2. The van der Waals surface area contributed by atoms with Crippen LogP contribution in [0.1, 0.15) is 27.2 Å². The zero-order chi connectivity index (χ0) is 8.48. The van der Waals surface area contributed by atoms with Crippen molar-refractivity contribution in [2.24, 2.45) is 5.41 Å². The number of β-amino-alcohol motifs (C(OH)–C–C–N with tert-alkyl or cyclic N) is 1. The van der Waals surface area contributed by atoms with Crippen LogP contribution in [0.5, 0.6) is 0 Å². The summed E-state index contributed by atoms with van der Waals surface area (Å²) in [7, 11) is 0. The Bertz CT molecular complexity index is 134. The van der Waals surface area contributed by atoms with Crippen LogP contribution in [0, 0.1) is 5.41 Å². The molecule has 0 aromatic heterocycles. The SMILES string of the molecule is CCN1CCC(C)(C)C(O)C1. The van der Waals surface area contributed by atoms with Crippen molar-refractivity contribution in [2.75, 3.05) is 19.6 Å². The van der Waals surface area contributed by atoms with Gasteiger partial charge in [-0.25, -0.2) is 0 Å². The highest BCUT2D eigenvalue weighted by atomic mass is 16.3. The number of hydrogen-bond donors (Lipinski definition) is 1. The molecule has 0 aliphatic carbocycles. The van der Waals surface area contributed by atoms with Gasteiger partial charge in [0, 0.05) is 6.54 Å². The van der Waals surface area contributed by atoms with Gasteiger partial charge in [-0.3, -0.25) is 0 Å². The zero-order valence-corrected chi connectivity index (χ0v) is 7.80. The lowest BCUT2D eigenvalue weighted by atomic mass is 9.80. The summed E-state index contributed by atoms with van der Waals surface area (Å²) in [6.07, 6.45) is 0.971. The summed E-state index contributed by atoms with van der Waals surface area (Å²) >= 11 is 0. The van der Waals surface area contributed by atoms with Gasteiger partial charge < -0.3 is 10.0 Å². The van der Waals surface area contributed by atoms with Gasteiger partial charge in [0.1, 0.15) is 0 Å². The van der Waals surface area contributed by atoms with Gasteiger partial charge in [0.25, 0.3) is 0 Å². The molecule has 1 N–H and O–H groups in total. The van der Waals surface area contributed by atoms with Gasteiger partial charge in [0.05, 0.1) is 6.10 Å². The summed E-state index contributed by atoms with van der Waals surface area (Å²) in [5.74, 6) is 0. The van der Waals surface area contributed by atoms with E-state index in [1.165, 1.54) is 0 Å². The van der Waals surface area contributed by atoms with Crippen molar-refractivity contribution in [3.05, 3.63) is 0 Å². The summed E-state index contributed by atoms with van der Waals surface area (Å²) in [6.45, 7) is 9.48. The fraction of sp³-hybridized carbons (Fsp3) is 1.00. The van der Waals surface area contributed by atoms with Gasteiger partial charge in [0.15, 0.2) is 0 Å². The molecular weight excluding hydrogens is 138 g/mol. The predicted molar refractivity (Wildman–Crippen MR) is 46.5 cm³/mol. The monoisotopic (exact) mass is 157 g/mol. The van der Waals surface area contributed by atoms with Gasteiger partial charge in [0.2, 0.25) is 0 Å². The summed E-state index contributed by atoms with van der Waals surface area (Å²) in [5.41, 5.74) is 0.131. The second-order valence-electron chi connectivity index (χ2n) is 4.15. The van der Waals surface area contributed by atoms with E-state index < -0.39 is 0 Å². The minimum Gasteiger partial charge on any atom is -0.391 e. The van der Waals surface area contributed by atoms with Crippen LogP contribution < -0.4 is 0 Å². The van der Waals surface area contributed by atoms with E-state index in [-0.39, 0.29) is 11.5 Å². The lowest BCUT2D eigenvalue weighted by molar-refractivity contribution is -0.0234. The third-order valence-electron chi connectivity index (χ3n) is 2.85. The minimum absolute atomic E-state index is 0.131. The highest BCUT2D eigenvalue weighted by Gasteiger charge is 2.33. The van der Waals surface area contributed by atoms with Crippen molar-refractivity contribution in [3.63, 3.8) is 0 Å². The van der Waals surface area contributed by atoms with E-state index in [4.69, 9.17) is 0 Å². The van der Waals surface area contributed by atoms with Crippen LogP contribution in [0.2, 0.25) is 0 Å². The van der Waals surface area contributed by atoms with E-state index in [1.54, 1.807) is 0 Å². The number of aliphatic hydroxyl groups is 1. The first kappa shape index (κ1) is 9.01. The fourth-order valence-corrected chi connectivity index (χ4v) is 1.48. The minimum atomic E-state index is -0.142. The summed E-state index contributed by atoms with van der Waals surface area (Å²) in [6, 6.07) is 0. The molecule has 0 radical (unpaired) electrons. The molecule has 0 aromatic carbocycles. The molecule has 1 aliphatic rings. The van der Waals surface area contributed by atoms with Crippen LogP contribution in [0.15, 0.2) is 0 Å². The number of likely N-dealkylation sites (N-methyl/N-ethyl adjacent to an activating group) is 1. The third kappa shape index (κ3) is 1.94. The Labute approximate surface area is 69.2 Å². The average Bonchev–Trinajstić information content (AvgIpc) is 1.95. The molecule has 0 saturated carbocycles. The van der Waals surface area contributed by atoms with Crippen molar-refractivity contribution in [1.29, 1.82) is 0 Å². The number of aliphatic hydroxyl groups excluding tert-OH is 1. The summed E-state index contributed by atoms with van der Waals surface area (Å²) in [4.78, 5) is 2.30. The van der Waals surface area contributed by atoms with E-state index in [0.29, 0.717) is 0 Å². The molecule has 1 unspecified atom stereocenters. The number of hydrogen-bond acceptors (Lipinski definition) is 2. The molecule has 2 heteroatoms. The molecule has 1 aliphatic heterocycles. The van der Waals surface area contributed by atoms with Crippen LogP contribution in [0.3, 0.4) is 0 Å². The van der Waals surface area contributed by atoms with E-state index in [0.717, 1.165) is 26.1 Å². The van der Waals surface area contributed by atoms with E-state index in [2.05, 4.69) is 25.7 Å². The van der Waals surface area contributed by atoms with Crippen molar-refractivity contribution in [2.45, 2.75) is 33.3 Å². The van der Waals surface area contributed by atoms with Crippen LogP contribution >= 0.6 is 0 Å². The Hall–Kier alpha value is -0.0800. The molecule has 2 nitrogen and oxygen atoms in total. The van der Waals surface area contributed by atoms with Crippen molar-refractivity contribution < 1.29 is 5.11 Å². The topological polar surface area (TPSA) is 23.5 Å². The maximum atomic E-state index is 9.70. The molecule has 1 fully saturated rings. The highest BCUT2D eigenvalue weighted by molar-refractivity contribution is 4.85. The van der Waals surface area contributed by atoms with Gasteiger partial charge in [-0.15, -0.1) is 0 Å². The van der Waals surface area contributed by atoms with Crippen LogP contribution in [-0.2, 0) is 0 Å². The summed E-state index contributed by atoms with van der Waals surface area (Å²) < 4.78 is 0. The smallest absolute Gasteiger partial charge is 0.0718 e. The largest absolute Gasteiger partial charge is 0.391 e. The molecule has 1 rings (SSSR count). The molecule has 1 atom stereocenters. The number of likely N-dealkylation sites (tertiary alicyclic amines) is 1. The molecule has 0 aromatic rings. The first-order valence-electron chi connectivity index (χ1n) is 4.46. The lowest BCUT2D eigenvalue weighted by Crippen LogP contribution is -2.47. The molecule has 1 heterocycles. The Morgan fingerprint density at radius 1 is 1.55 bits per heavy atom. The Balaban J connectivity index is 2.48. The first-order valence-corrected chi connectivity index (χ1v) is 4.46. The Kier molecular flexibility index (Phi) is 2.55. The van der Waals surface area contributed by atoms with Gasteiger partial charge >= 0.3 is 0 Å². The van der Waals surface area contributed by atoms with Crippen LogP contribution in [-0.4, -0.2) is 35.7 Å². The van der Waals surface area contributed by atoms with E-state index in [9.17, 15) is 5.11 Å². The lowest BCUT2D eigenvalue weighted by Gasteiger charge is -2.40. The average molecular weight is 157 g/mol. The van der Waals surface area contributed by atoms with Crippen molar-refractivity contribution >= 4 is 0 Å². The maximum Gasteiger partial charge on any atom is 0.0718 e. The van der Waals surface area contributed by atoms with Gasteiger partial charge in [-0.2, -0.15) is 0 Å². The predicted octanol–water partition coefficient (Wildman–Crippen LogP) is 1.10. The number of rotatable bonds is 1. The second kappa shape index (κ2) is 3.11. The number of nitrogens with zero attached hydrogens (tertiary/aromatic N) is 1. The van der Waals surface area contributed by atoms with Crippen molar-refractivity contribution in [1.82, 2.24) is 4.90 Å². The maximum absolute atomic E-state index is 9.70. The standard InChI is InChI=1S/C9H19NO/c1-4-10-6-5-9(2,3)8(11)7-10/h8,11H,4-7H2,1-3H3. The zero-order valence-electron chi connectivity index (χ0n) is 7.80. The quantitative estimate of drug-likeness (QED) is 0.616.